The van der Waals surface area contributed by atoms with Crippen molar-refractivity contribution in [2.24, 2.45) is 0 Å². The summed E-state index contributed by atoms with van der Waals surface area (Å²) >= 11 is 1.57. The summed E-state index contributed by atoms with van der Waals surface area (Å²) in [5, 5.41) is 10.00. The van der Waals surface area contributed by atoms with Gasteiger partial charge in [0.05, 0.1) is 17.7 Å². The van der Waals surface area contributed by atoms with E-state index in [1.165, 1.54) is 0 Å². The fourth-order valence-corrected chi connectivity index (χ4v) is 3.06. The number of ether oxygens (including phenoxy) is 1. The molecule has 0 aliphatic rings. The number of hydrogen-bond donors (Lipinski definition) is 1. The van der Waals surface area contributed by atoms with Gasteiger partial charge in [-0.25, -0.2) is 9.78 Å². The van der Waals surface area contributed by atoms with E-state index in [-0.39, 0.29) is 5.56 Å². The molecule has 0 unspecified atom stereocenters. The van der Waals surface area contributed by atoms with Crippen LogP contribution in [0.25, 0.3) is 0 Å². The molecule has 0 aliphatic heterocycles. The van der Waals surface area contributed by atoms with Crippen molar-refractivity contribution in [3.63, 3.8) is 0 Å². The smallest absolute Gasteiger partial charge is 0.335 e. The lowest BCUT2D eigenvalue weighted by Crippen LogP contribution is -1.99. The Hall–Kier alpha value is -2.01. The Morgan fingerprint density at radius 2 is 2.05 bits per heavy atom. The Bertz CT molecular complexity index is 650. The van der Waals surface area contributed by atoms with Crippen molar-refractivity contribution in [3.8, 4) is 5.75 Å². The Morgan fingerprint density at radius 3 is 2.67 bits per heavy atom. The largest absolute Gasteiger partial charge is 0.496 e. The predicted molar refractivity (Wildman–Crippen MR) is 83.2 cm³/mol. The van der Waals surface area contributed by atoms with Crippen LogP contribution in [0, 0.1) is 13.8 Å². The number of carboxylic acids is 1. The molecule has 1 N–H and O–H groups in total. The predicted octanol–water partition coefficient (Wildman–Crippen LogP) is 3.70. The molecule has 5 heteroatoms. The SMILES string of the molecule is COc1ccc(C(=O)O)cc1CSc1cc(C)cc(C)n1. The minimum absolute atomic E-state index is 0.264. The highest BCUT2D eigenvalue weighted by molar-refractivity contribution is 7.98. The average Bonchev–Trinajstić information content (AvgIpc) is 2.43. The van der Waals surface area contributed by atoms with E-state index in [0.717, 1.165) is 21.8 Å². The van der Waals surface area contributed by atoms with E-state index in [0.29, 0.717) is 11.5 Å². The van der Waals surface area contributed by atoms with E-state index in [1.807, 2.05) is 26.0 Å². The summed E-state index contributed by atoms with van der Waals surface area (Å²) in [6.07, 6.45) is 0. The second-order valence-electron chi connectivity index (χ2n) is 4.74. The van der Waals surface area contributed by atoms with Gasteiger partial charge >= 0.3 is 5.97 Å². The zero-order valence-corrected chi connectivity index (χ0v) is 13.0. The summed E-state index contributed by atoms with van der Waals surface area (Å²) < 4.78 is 5.29. The summed E-state index contributed by atoms with van der Waals surface area (Å²) in [4.78, 5) is 15.5. The van der Waals surface area contributed by atoms with E-state index in [2.05, 4.69) is 4.98 Å². The van der Waals surface area contributed by atoms with Crippen molar-refractivity contribution in [1.82, 2.24) is 4.98 Å². The Morgan fingerprint density at radius 1 is 1.29 bits per heavy atom. The van der Waals surface area contributed by atoms with Gasteiger partial charge in [-0.15, -0.1) is 11.8 Å². The normalized spacial score (nSPS) is 10.4. The van der Waals surface area contributed by atoms with Crippen molar-refractivity contribution in [1.29, 1.82) is 0 Å². The van der Waals surface area contributed by atoms with Gasteiger partial charge < -0.3 is 9.84 Å². The molecule has 0 fully saturated rings. The first kappa shape index (κ1) is 15.4. The van der Waals surface area contributed by atoms with Crippen LogP contribution in [0.15, 0.2) is 35.4 Å². The van der Waals surface area contributed by atoms with Gasteiger partial charge in [0.25, 0.3) is 0 Å². The molecular weight excluding hydrogens is 286 g/mol. The van der Waals surface area contributed by atoms with Crippen molar-refractivity contribution in [3.05, 3.63) is 52.7 Å². The summed E-state index contributed by atoms with van der Waals surface area (Å²) in [6.45, 7) is 3.99. The van der Waals surface area contributed by atoms with Crippen molar-refractivity contribution in [2.75, 3.05) is 7.11 Å². The number of nitrogens with zero attached hydrogens (tertiary/aromatic N) is 1. The molecule has 0 bridgehead atoms. The Balaban J connectivity index is 2.21. The molecule has 2 rings (SSSR count). The van der Waals surface area contributed by atoms with Gasteiger partial charge in [0, 0.05) is 17.0 Å². The van der Waals surface area contributed by atoms with Crippen LogP contribution in [0.2, 0.25) is 0 Å². The zero-order valence-electron chi connectivity index (χ0n) is 12.2. The first-order valence-corrected chi connectivity index (χ1v) is 7.46. The number of methoxy groups -OCH3 is 1. The van der Waals surface area contributed by atoms with Crippen LogP contribution in [-0.2, 0) is 5.75 Å². The molecule has 1 heterocycles. The van der Waals surface area contributed by atoms with Crippen molar-refractivity contribution < 1.29 is 14.6 Å². The molecule has 0 amide bonds. The van der Waals surface area contributed by atoms with Crippen LogP contribution in [0.5, 0.6) is 5.75 Å². The molecular formula is C16H17NO3S. The minimum Gasteiger partial charge on any atom is -0.496 e. The Labute approximate surface area is 128 Å². The molecule has 0 radical (unpaired) electrons. The van der Waals surface area contributed by atoms with E-state index in [9.17, 15) is 4.79 Å². The second kappa shape index (κ2) is 6.63. The van der Waals surface area contributed by atoms with Gasteiger partial charge in [0.15, 0.2) is 0 Å². The van der Waals surface area contributed by atoms with Crippen LogP contribution < -0.4 is 4.74 Å². The number of thioether (sulfide) groups is 1. The topological polar surface area (TPSA) is 59.4 Å². The third kappa shape index (κ3) is 3.98. The van der Waals surface area contributed by atoms with Crippen LogP contribution in [0.1, 0.15) is 27.2 Å². The summed E-state index contributed by atoms with van der Waals surface area (Å²) in [5.74, 6) is 0.366. The van der Waals surface area contributed by atoms with E-state index < -0.39 is 5.97 Å². The maximum atomic E-state index is 11.1. The Kier molecular flexibility index (Phi) is 4.85. The number of benzene rings is 1. The zero-order chi connectivity index (χ0) is 15.4. The number of carbonyl (C=O) groups is 1. The number of rotatable bonds is 5. The number of pyridine rings is 1. The molecule has 1 aromatic carbocycles. The number of aromatic carboxylic acids is 1. The van der Waals surface area contributed by atoms with E-state index in [1.54, 1.807) is 37.1 Å². The van der Waals surface area contributed by atoms with Crippen LogP contribution in [-0.4, -0.2) is 23.2 Å². The minimum atomic E-state index is -0.937. The number of aryl methyl sites for hydroxylation is 2. The molecule has 0 spiro atoms. The summed E-state index contributed by atoms with van der Waals surface area (Å²) in [6, 6.07) is 8.93. The molecule has 4 nitrogen and oxygen atoms in total. The van der Waals surface area contributed by atoms with Crippen molar-refractivity contribution >= 4 is 17.7 Å². The maximum Gasteiger partial charge on any atom is 0.335 e. The molecule has 21 heavy (non-hydrogen) atoms. The molecule has 0 saturated heterocycles. The highest BCUT2D eigenvalue weighted by atomic mass is 32.2. The van der Waals surface area contributed by atoms with Crippen LogP contribution in [0.3, 0.4) is 0 Å². The van der Waals surface area contributed by atoms with Gasteiger partial charge in [-0.3, -0.25) is 0 Å². The first-order valence-electron chi connectivity index (χ1n) is 6.48. The number of carboxylic acid groups (broad SMARTS) is 1. The quantitative estimate of drug-likeness (QED) is 0.853. The lowest BCUT2D eigenvalue weighted by molar-refractivity contribution is 0.0696. The van der Waals surface area contributed by atoms with Crippen LogP contribution >= 0.6 is 11.8 Å². The van der Waals surface area contributed by atoms with Gasteiger partial charge in [-0.1, -0.05) is 0 Å². The first-order chi connectivity index (χ1) is 9.99. The maximum absolute atomic E-state index is 11.1. The third-order valence-corrected chi connectivity index (χ3v) is 3.94. The highest BCUT2D eigenvalue weighted by Gasteiger charge is 2.10. The average molecular weight is 303 g/mol. The van der Waals surface area contributed by atoms with Gasteiger partial charge in [0.2, 0.25) is 0 Å². The third-order valence-electron chi connectivity index (χ3n) is 2.98. The van der Waals surface area contributed by atoms with Gasteiger partial charge in [-0.2, -0.15) is 0 Å². The molecule has 0 aliphatic carbocycles. The van der Waals surface area contributed by atoms with E-state index >= 15 is 0 Å². The van der Waals surface area contributed by atoms with Crippen molar-refractivity contribution in [2.45, 2.75) is 24.6 Å². The summed E-state index contributed by atoms with van der Waals surface area (Å²) in [7, 11) is 1.58. The standard InChI is InChI=1S/C16H17NO3S/c1-10-6-11(2)17-15(7-10)21-9-13-8-12(16(18)19)4-5-14(13)20-3/h4-8H,9H2,1-3H3,(H,18,19). The number of hydrogen-bond acceptors (Lipinski definition) is 4. The van der Waals surface area contributed by atoms with Gasteiger partial charge in [0.1, 0.15) is 5.75 Å². The highest BCUT2D eigenvalue weighted by Crippen LogP contribution is 2.28. The molecule has 1 aromatic heterocycles. The molecule has 0 atom stereocenters. The fraction of sp³-hybridized carbons (Fsp3) is 0.250. The summed E-state index contributed by atoms with van der Waals surface area (Å²) in [5.41, 5.74) is 3.25. The second-order valence-corrected chi connectivity index (χ2v) is 5.74. The monoisotopic (exact) mass is 303 g/mol. The molecule has 0 saturated carbocycles. The van der Waals surface area contributed by atoms with Crippen LogP contribution in [0.4, 0.5) is 0 Å². The van der Waals surface area contributed by atoms with E-state index in [4.69, 9.17) is 9.84 Å². The molecule has 110 valence electrons. The fourth-order valence-electron chi connectivity index (χ4n) is 2.05. The molecule has 2 aromatic rings. The lowest BCUT2D eigenvalue weighted by Gasteiger charge is -2.09. The number of aromatic nitrogens is 1. The lowest BCUT2D eigenvalue weighted by atomic mass is 10.1. The van der Waals surface area contributed by atoms with Gasteiger partial charge in [-0.05, 0) is 49.7 Å².